The molecule has 2 aliphatic carbocycles. The van der Waals surface area contributed by atoms with Crippen LogP contribution in [0.25, 0.3) is 22.0 Å². The summed E-state index contributed by atoms with van der Waals surface area (Å²) in [5.74, 6) is 1.85. The van der Waals surface area contributed by atoms with Crippen molar-refractivity contribution in [2.45, 2.75) is 89.6 Å². The third-order valence-electron chi connectivity index (χ3n) is 8.15. The van der Waals surface area contributed by atoms with Crippen LogP contribution in [-0.4, -0.2) is 23.6 Å². The van der Waals surface area contributed by atoms with E-state index in [9.17, 15) is 4.79 Å². The molecule has 0 aliphatic heterocycles. The van der Waals surface area contributed by atoms with E-state index in [1.54, 1.807) is 7.11 Å². The van der Waals surface area contributed by atoms with Crippen molar-refractivity contribution >= 4 is 16.8 Å². The zero-order valence-electron chi connectivity index (χ0n) is 21.2. The van der Waals surface area contributed by atoms with Gasteiger partial charge in [0.05, 0.1) is 7.11 Å². The van der Waals surface area contributed by atoms with E-state index >= 15 is 0 Å². The number of ether oxygens (including phenoxy) is 1. The smallest absolute Gasteiger partial charge is 0.220 e. The van der Waals surface area contributed by atoms with E-state index in [-0.39, 0.29) is 5.91 Å². The molecule has 1 heterocycles. The molecule has 0 saturated heterocycles. The number of carbonyl (C=O) groups excluding carboxylic acids is 1. The summed E-state index contributed by atoms with van der Waals surface area (Å²) in [5, 5.41) is 4.57. The number of hydrogen-bond donors (Lipinski definition) is 1. The number of nitrogens with one attached hydrogen (secondary N) is 1. The molecule has 2 aromatic carbocycles. The van der Waals surface area contributed by atoms with Crippen LogP contribution in [0.5, 0.6) is 5.75 Å². The van der Waals surface area contributed by atoms with E-state index in [1.807, 2.05) is 12.1 Å². The van der Waals surface area contributed by atoms with Gasteiger partial charge >= 0.3 is 0 Å². The summed E-state index contributed by atoms with van der Waals surface area (Å²) in [5.41, 5.74) is 4.85. The Kier molecular flexibility index (Phi) is 7.75. The number of aryl methyl sites for hydroxylation is 1. The van der Waals surface area contributed by atoms with Crippen molar-refractivity contribution < 1.29 is 9.53 Å². The summed E-state index contributed by atoms with van der Waals surface area (Å²) in [4.78, 5) is 12.8. The maximum Gasteiger partial charge on any atom is 0.220 e. The number of nitrogens with zero attached hydrogens (tertiary/aromatic N) is 1. The SMILES string of the molecule is COc1ccccc1-c1ccc2c(c1)c(CCC(=O)NC1CCCCC1)cn2CC1CCCCC1. The van der Waals surface area contributed by atoms with Gasteiger partial charge in [-0.15, -0.1) is 0 Å². The van der Waals surface area contributed by atoms with Gasteiger partial charge in [0.2, 0.25) is 5.91 Å². The Hall–Kier alpha value is -2.75. The van der Waals surface area contributed by atoms with Crippen LogP contribution in [0.1, 0.15) is 76.2 Å². The van der Waals surface area contributed by atoms with Gasteiger partial charge in [0.1, 0.15) is 5.75 Å². The lowest BCUT2D eigenvalue weighted by Crippen LogP contribution is -2.36. The maximum atomic E-state index is 12.8. The van der Waals surface area contributed by atoms with Crippen molar-refractivity contribution in [1.82, 2.24) is 9.88 Å². The maximum absolute atomic E-state index is 12.8. The second-order valence-corrected chi connectivity index (χ2v) is 10.6. The van der Waals surface area contributed by atoms with E-state index in [4.69, 9.17) is 4.74 Å². The highest BCUT2D eigenvalue weighted by Crippen LogP contribution is 2.35. The number of carbonyl (C=O) groups is 1. The van der Waals surface area contributed by atoms with Crippen molar-refractivity contribution in [3.63, 3.8) is 0 Å². The summed E-state index contributed by atoms with van der Waals surface area (Å²) in [6, 6.07) is 15.4. The third-order valence-corrected chi connectivity index (χ3v) is 8.15. The zero-order valence-corrected chi connectivity index (χ0v) is 21.2. The van der Waals surface area contributed by atoms with Gasteiger partial charge in [-0.3, -0.25) is 4.79 Å². The van der Waals surface area contributed by atoms with Gasteiger partial charge in [0.15, 0.2) is 0 Å². The predicted molar refractivity (Wildman–Crippen MR) is 144 cm³/mol. The minimum absolute atomic E-state index is 0.200. The molecular formula is C31H40N2O2. The lowest BCUT2D eigenvalue weighted by Gasteiger charge is -2.22. The number of para-hydroxylation sites is 1. The molecule has 0 spiro atoms. The summed E-state index contributed by atoms with van der Waals surface area (Å²) in [7, 11) is 1.73. The van der Waals surface area contributed by atoms with Gasteiger partial charge in [0.25, 0.3) is 0 Å². The fraction of sp³-hybridized carbons (Fsp3) is 0.516. The van der Waals surface area contributed by atoms with Gasteiger partial charge in [-0.05, 0) is 67.3 Å². The average Bonchev–Trinajstić information content (AvgIpc) is 3.25. The average molecular weight is 473 g/mol. The number of amides is 1. The molecule has 186 valence electrons. The second kappa shape index (κ2) is 11.3. The van der Waals surface area contributed by atoms with Crippen LogP contribution in [0.2, 0.25) is 0 Å². The third kappa shape index (κ3) is 5.74. The standard InChI is InChI=1S/C31H40N2O2/c1-35-30-15-9-8-14-27(30)24-16-18-29-28(20-24)25(22-33(29)21-23-10-4-2-5-11-23)17-19-31(34)32-26-12-6-3-7-13-26/h8-9,14-16,18,20,22-23,26H,2-7,10-13,17,19,21H2,1H3,(H,32,34). The first-order valence-electron chi connectivity index (χ1n) is 13.8. The number of hydrogen-bond acceptors (Lipinski definition) is 2. The van der Waals surface area contributed by atoms with Gasteiger partial charge < -0.3 is 14.6 Å². The van der Waals surface area contributed by atoms with E-state index in [2.05, 4.69) is 46.4 Å². The van der Waals surface area contributed by atoms with Crippen LogP contribution in [0, 0.1) is 5.92 Å². The van der Waals surface area contributed by atoms with E-state index in [0.717, 1.165) is 43.0 Å². The van der Waals surface area contributed by atoms with E-state index < -0.39 is 0 Å². The first-order chi connectivity index (χ1) is 17.2. The molecule has 1 N–H and O–H groups in total. The Bertz CT molecular complexity index is 1140. The Morgan fingerprint density at radius 1 is 0.971 bits per heavy atom. The Morgan fingerprint density at radius 2 is 1.71 bits per heavy atom. The summed E-state index contributed by atoms with van der Waals surface area (Å²) in [6.07, 6.45) is 16.5. The molecule has 4 heteroatoms. The van der Waals surface area contributed by atoms with Crippen molar-refractivity contribution in [1.29, 1.82) is 0 Å². The number of fused-ring (bicyclic) bond motifs is 1. The molecule has 2 aliphatic rings. The molecule has 0 radical (unpaired) electrons. The van der Waals surface area contributed by atoms with Crippen LogP contribution in [0.4, 0.5) is 0 Å². The highest BCUT2D eigenvalue weighted by molar-refractivity contribution is 5.90. The molecule has 0 bridgehead atoms. The predicted octanol–water partition coefficient (Wildman–Crippen LogP) is 7.28. The van der Waals surface area contributed by atoms with E-state index in [0.29, 0.717) is 12.5 Å². The van der Waals surface area contributed by atoms with Gasteiger partial charge in [0, 0.05) is 41.7 Å². The van der Waals surface area contributed by atoms with Crippen LogP contribution >= 0.6 is 0 Å². The quantitative estimate of drug-likeness (QED) is 0.374. The molecule has 3 aromatic rings. The van der Waals surface area contributed by atoms with Crippen LogP contribution in [0.3, 0.4) is 0 Å². The minimum atomic E-state index is 0.200. The zero-order chi connectivity index (χ0) is 24.0. The van der Waals surface area contributed by atoms with Crippen molar-refractivity contribution in [3.8, 4) is 16.9 Å². The van der Waals surface area contributed by atoms with Gasteiger partial charge in [-0.25, -0.2) is 0 Å². The lowest BCUT2D eigenvalue weighted by atomic mass is 9.89. The summed E-state index contributed by atoms with van der Waals surface area (Å²) in [6.45, 7) is 1.08. The van der Waals surface area contributed by atoms with Crippen LogP contribution in [0.15, 0.2) is 48.7 Å². The molecule has 2 saturated carbocycles. The summed E-state index contributed by atoms with van der Waals surface area (Å²) < 4.78 is 8.10. The van der Waals surface area contributed by atoms with Gasteiger partial charge in [-0.1, -0.05) is 62.8 Å². The Balaban J connectivity index is 1.41. The second-order valence-electron chi connectivity index (χ2n) is 10.6. The highest BCUT2D eigenvalue weighted by Gasteiger charge is 2.19. The molecular weight excluding hydrogens is 432 g/mol. The topological polar surface area (TPSA) is 43.3 Å². The molecule has 0 atom stereocenters. The summed E-state index contributed by atoms with van der Waals surface area (Å²) >= 11 is 0. The first kappa shape index (κ1) is 24.0. The first-order valence-corrected chi connectivity index (χ1v) is 13.8. The number of aromatic nitrogens is 1. The molecule has 1 amide bonds. The molecule has 4 nitrogen and oxygen atoms in total. The van der Waals surface area contributed by atoms with Crippen LogP contribution < -0.4 is 10.1 Å². The van der Waals surface area contributed by atoms with Crippen molar-refractivity contribution in [2.75, 3.05) is 7.11 Å². The number of rotatable bonds is 8. The molecule has 0 unspecified atom stereocenters. The Morgan fingerprint density at radius 3 is 2.49 bits per heavy atom. The lowest BCUT2D eigenvalue weighted by molar-refractivity contribution is -0.121. The fourth-order valence-corrected chi connectivity index (χ4v) is 6.21. The van der Waals surface area contributed by atoms with Crippen molar-refractivity contribution in [3.05, 3.63) is 54.2 Å². The number of benzene rings is 2. The number of methoxy groups -OCH3 is 1. The van der Waals surface area contributed by atoms with E-state index in [1.165, 1.54) is 73.4 Å². The Labute approximate surface area is 210 Å². The fourth-order valence-electron chi connectivity index (χ4n) is 6.21. The van der Waals surface area contributed by atoms with Crippen molar-refractivity contribution in [2.24, 2.45) is 5.92 Å². The molecule has 1 aromatic heterocycles. The molecule has 2 fully saturated rings. The largest absolute Gasteiger partial charge is 0.496 e. The highest BCUT2D eigenvalue weighted by atomic mass is 16.5. The van der Waals surface area contributed by atoms with Crippen LogP contribution in [-0.2, 0) is 17.8 Å². The monoisotopic (exact) mass is 472 g/mol. The molecule has 35 heavy (non-hydrogen) atoms. The molecule has 5 rings (SSSR count). The minimum Gasteiger partial charge on any atom is -0.496 e. The van der Waals surface area contributed by atoms with Gasteiger partial charge in [-0.2, -0.15) is 0 Å². The normalized spacial score (nSPS) is 17.5.